The molecule has 146 valence electrons. The zero-order valence-electron chi connectivity index (χ0n) is 16.4. The third-order valence-corrected chi connectivity index (χ3v) is 4.24. The van der Waals surface area contributed by atoms with E-state index >= 15 is 0 Å². The van der Waals surface area contributed by atoms with Gasteiger partial charge in [0, 0.05) is 25.2 Å². The highest BCUT2D eigenvalue weighted by atomic mass is 16.5. The van der Waals surface area contributed by atoms with Gasteiger partial charge in [0.15, 0.2) is 0 Å². The number of amides is 2. The molecular formula is C21H28N2O4. The van der Waals surface area contributed by atoms with Crippen LogP contribution in [-0.4, -0.2) is 45.3 Å². The Morgan fingerprint density at radius 2 is 1.81 bits per heavy atom. The first-order chi connectivity index (χ1) is 13.0. The number of urea groups is 1. The summed E-state index contributed by atoms with van der Waals surface area (Å²) in [5.74, 6) is 2.23. The normalized spacial score (nSPS) is 11.4. The summed E-state index contributed by atoms with van der Waals surface area (Å²) in [5.41, 5.74) is 0.896. The first-order valence-electron chi connectivity index (χ1n) is 8.96. The minimum absolute atomic E-state index is 0.139. The molecular weight excluding hydrogens is 344 g/mol. The minimum Gasteiger partial charge on any atom is -0.497 e. The van der Waals surface area contributed by atoms with Crippen LogP contribution in [0.1, 0.15) is 24.9 Å². The van der Waals surface area contributed by atoms with Crippen LogP contribution < -0.4 is 19.5 Å². The highest BCUT2D eigenvalue weighted by Gasteiger charge is 2.17. The summed E-state index contributed by atoms with van der Waals surface area (Å²) in [6.07, 6.45) is 0.749. The topological polar surface area (TPSA) is 60.0 Å². The van der Waals surface area contributed by atoms with Gasteiger partial charge < -0.3 is 24.4 Å². The van der Waals surface area contributed by atoms with Crippen LogP contribution in [0, 0.1) is 0 Å². The number of carbonyl (C=O) groups excluding carboxylic acids is 1. The number of para-hydroxylation sites is 1. The molecule has 0 aliphatic heterocycles. The maximum atomic E-state index is 12.4. The Morgan fingerprint density at radius 3 is 2.48 bits per heavy atom. The molecule has 1 unspecified atom stereocenters. The van der Waals surface area contributed by atoms with E-state index in [0.29, 0.717) is 24.7 Å². The number of carbonyl (C=O) groups is 1. The fourth-order valence-corrected chi connectivity index (χ4v) is 2.66. The first-order valence-corrected chi connectivity index (χ1v) is 8.96. The Kier molecular flexibility index (Phi) is 7.79. The van der Waals surface area contributed by atoms with Crippen molar-refractivity contribution in [3.8, 4) is 17.2 Å². The van der Waals surface area contributed by atoms with Gasteiger partial charge in [0.1, 0.15) is 17.2 Å². The second kappa shape index (κ2) is 10.3. The van der Waals surface area contributed by atoms with E-state index in [9.17, 15) is 4.79 Å². The van der Waals surface area contributed by atoms with Gasteiger partial charge in [0.25, 0.3) is 0 Å². The number of nitrogens with zero attached hydrogens (tertiary/aromatic N) is 1. The molecule has 0 fully saturated rings. The Morgan fingerprint density at radius 1 is 1.07 bits per heavy atom. The van der Waals surface area contributed by atoms with E-state index in [1.807, 2.05) is 55.5 Å². The first kappa shape index (κ1) is 20.4. The Bertz CT molecular complexity index is 721. The Balaban J connectivity index is 1.81. The van der Waals surface area contributed by atoms with Gasteiger partial charge >= 0.3 is 6.03 Å². The van der Waals surface area contributed by atoms with Gasteiger partial charge in [0.05, 0.1) is 26.9 Å². The van der Waals surface area contributed by atoms with Crippen molar-refractivity contribution in [2.45, 2.75) is 19.4 Å². The molecule has 0 saturated heterocycles. The second-order valence-electron chi connectivity index (χ2n) is 6.22. The van der Waals surface area contributed by atoms with Crippen molar-refractivity contribution in [2.24, 2.45) is 0 Å². The lowest BCUT2D eigenvalue weighted by molar-refractivity contribution is 0.200. The summed E-state index contributed by atoms with van der Waals surface area (Å²) in [7, 11) is 4.98. The van der Waals surface area contributed by atoms with Crippen molar-refractivity contribution >= 4 is 6.03 Å². The van der Waals surface area contributed by atoms with E-state index in [4.69, 9.17) is 14.2 Å². The standard InChI is InChI=1S/C21H28N2O4/c1-16(19-12-11-18(25-3)15-20(19)26-4)22-21(24)23(2)13-8-14-27-17-9-6-5-7-10-17/h5-7,9-12,15-16H,8,13-14H2,1-4H3,(H,22,24). The van der Waals surface area contributed by atoms with Crippen LogP contribution in [0.25, 0.3) is 0 Å². The molecule has 1 N–H and O–H groups in total. The van der Waals surface area contributed by atoms with Crippen LogP contribution in [0.2, 0.25) is 0 Å². The summed E-state index contributed by atoms with van der Waals surface area (Å²) < 4.78 is 16.3. The van der Waals surface area contributed by atoms with Crippen LogP contribution in [0.3, 0.4) is 0 Å². The van der Waals surface area contributed by atoms with Crippen molar-refractivity contribution in [3.05, 3.63) is 54.1 Å². The van der Waals surface area contributed by atoms with Gasteiger partial charge in [-0.2, -0.15) is 0 Å². The van der Waals surface area contributed by atoms with Crippen LogP contribution in [0.4, 0.5) is 4.79 Å². The smallest absolute Gasteiger partial charge is 0.317 e. The van der Waals surface area contributed by atoms with Gasteiger partial charge in [0.2, 0.25) is 0 Å². The van der Waals surface area contributed by atoms with E-state index in [0.717, 1.165) is 17.7 Å². The van der Waals surface area contributed by atoms with Crippen LogP contribution in [0.5, 0.6) is 17.2 Å². The highest BCUT2D eigenvalue weighted by Crippen LogP contribution is 2.29. The van der Waals surface area contributed by atoms with Gasteiger partial charge in [-0.1, -0.05) is 18.2 Å². The van der Waals surface area contributed by atoms with Crippen molar-refractivity contribution < 1.29 is 19.0 Å². The fourth-order valence-electron chi connectivity index (χ4n) is 2.66. The van der Waals surface area contributed by atoms with E-state index in [2.05, 4.69) is 5.32 Å². The van der Waals surface area contributed by atoms with E-state index in [1.54, 1.807) is 26.2 Å². The molecule has 0 aliphatic carbocycles. The number of hydrogen-bond acceptors (Lipinski definition) is 4. The number of ether oxygens (including phenoxy) is 3. The molecule has 27 heavy (non-hydrogen) atoms. The molecule has 2 aromatic carbocycles. The zero-order valence-corrected chi connectivity index (χ0v) is 16.4. The van der Waals surface area contributed by atoms with E-state index in [1.165, 1.54) is 0 Å². The third kappa shape index (κ3) is 6.09. The number of rotatable bonds is 9. The molecule has 2 aromatic rings. The van der Waals surface area contributed by atoms with Crippen LogP contribution in [0.15, 0.2) is 48.5 Å². The molecule has 0 radical (unpaired) electrons. The lowest BCUT2D eigenvalue weighted by Gasteiger charge is -2.23. The van der Waals surface area contributed by atoms with E-state index < -0.39 is 0 Å². The zero-order chi connectivity index (χ0) is 19.6. The Hall–Kier alpha value is -2.89. The van der Waals surface area contributed by atoms with E-state index in [-0.39, 0.29) is 12.1 Å². The molecule has 0 saturated carbocycles. The maximum Gasteiger partial charge on any atom is 0.317 e. The predicted molar refractivity (Wildman–Crippen MR) is 106 cm³/mol. The lowest BCUT2D eigenvalue weighted by atomic mass is 10.1. The molecule has 2 rings (SSSR count). The van der Waals surface area contributed by atoms with Crippen molar-refractivity contribution in [1.82, 2.24) is 10.2 Å². The summed E-state index contributed by atoms with van der Waals surface area (Å²) in [6.45, 7) is 3.09. The number of hydrogen-bond donors (Lipinski definition) is 1. The highest BCUT2D eigenvalue weighted by molar-refractivity contribution is 5.74. The monoisotopic (exact) mass is 372 g/mol. The second-order valence-corrected chi connectivity index (χ2v) is 6.22. The molecule has 1 atom stereocenters. The SMILES string of the molecule is COc1ccc(C(C)NC(=O)N(C)CCCOc2ccccc2)c(OC)c1. The molecule has 0 spiro atoms. The third-order valence-electron chi connectivity index (χ3n) is 4.24. The van der Waals surface area contributed by atoms with Gasteiger partial charge in [-0.05, 0) is 37.6 Å². The quantitative estimate of drug-likeness (QED) is 0.679. The molecule has 0 bridgehead atoms. The predicted octanol–water partition coefficient (Wildman–Crippen LogP) is 3.88. The van der Waals surface area contributed by atoms with Crippen LogP contribution >= 0.6 is 0 Å². The van der Waals surface area contributed by atoms with Crippen LogP contribution in [-0.2, 0) is 0 Å². The largest absolute Gasteiger partial charge is 0.497 e. The molecule has 0 heterocycles. The maximum absolute atomic E-state index is 12.4. The fraction of sp³-hybridized carbons (Fsp3) is 0.381. The molecule has 6 heteroatoms. The molecule has 2 amide bonds. The minimum atomic E-state index is -0.193. The summed E-state index contributed by atoms with van der Waals surface area (Å²) >= 11 is 0. The molecule has 0 aromatic heterocycles. The number of nitrogens with one attached hydrogen (secondary N) is 1. The van der Waals surface area contributed by atoms with Gasteiger partial charge in [-0.25, -0.2) is 4.79 Å². The number of benzene rings is 2. The van der Waals surface area contributed by atoms with Gasteiger partial charge in [-0.15, -0.1) is 0 Å². The number of methoxy groups -OCH3 is 2. The van der Waals surface area contributed by atoms with Gasteiger partial charge in [-0.3, -0.25) is 0 Å². The lowest BCUT2D eigenvalue weighted by Crippen LogP contribution is -2.39. The Labute approximate surface area is 161 Å². The molecule has 0 aliphatic rings. The van der Waals surface area contributed by atoms with Crippen molar-refractivity contribution in [1.29, 1.82) is 0 Å². The average molecular weight is 372 g/mol. The summed E-state index contributed by atoms with van der Waals surface area (Å²) in [6, 6.07) is 14.9. The summed E-state index contributed by atoms with van der Waals surface area (Å²) in [4.78, 5) is 14.1. The molecule has 6 nitrogen and oxygen atoms in total. The average Bonchev–Trinajstić information content (AvgIpc) is 2.71. The van der Waals surface area contributed by atoms with Crippen molar-refractivity contribution in [3.63, 3.8) is 0 Å². The summed E-state index contributed by atoms with van der Waals surface area (Å²) in [5, 5.41) is 2.99. The van der Waals surface area contributed by atoms with Crippen molar-refractivity contribution in [2.75, 3.05) is 34.4 Å².